The highest BCUT2D eigenvalue weighted by Gasteiger charge is 2.48. The zero-order valence-corrected chi connectivity index (χ0v) is 56.9. The molecular weight excluding hydrogens is 1160 g/mol. The first-order valence-corrected chi connectivity index (χ1v) is 35.8. The second kappa shape index (κ2) is 22.9. The van der Waals surface area contributed by atoms with E-state index in [1.165, 1.54) is 92.3 Å². The van der Waals surface area contributed by atoms with Gasteiger partial charge in [0.1, 0.15) is 0 Å². The largest absolute Gasteiger partial charge is 0.311 e. The Morgan fingerprint density at radius 1 is 0.274 bits per heavy atom. The van der Waals surface area contributed by atoms with Gasteiger partial charge in [-0.25, -0.2) is 0 Å². The van der Waals surface area contributed by atoms with Crippen molar-refractivity contribution in [2.75, 3.05) is 9.80 Å². The first-order valence-electron chi connectivity index (χ1n) is 33.8. The monoisotopic (exact) mass is 1240 g/mol. The van der Waals surface area contributed by atoms with Crippen molar-refractivity contribution in [1.29, 1.82) is 0 Å². The SMILES string of the molecule is CC(C)(C)c1ccc(-c2cc3c4c(c2)N(c2ccccc2-c2ccccc2)c2cc(-n5c6ccc(C(C)(C)C)cc6c6cc(C(C)(C)C)ccc65)ccc2B4c2cc([Si](c4ccccc4)(c4ccccc4)c4ccccc4)ccc2N3c2ccccc2-c2ccccc2)cc1. The molecule has 3 heterocycles. The van der Waals surface area contributed by atoms with E-state index < -0.39 is 8.07 Å². The zero-order valence-electron chi connectivity index (χ0n) is 55.9. The molecule has 13 aromatic carbocycles. The van der Waals surface area contributed by atoms with Crippen LogP contribution >= 0.6 is 0 Å². The Morgan fingerprint density at radius 2 is 0.695 bits per heavy atom. The smallest absolute Gasteiger partial charge is 0.252 e. The fourth-order valence-corrected chi connectivity index (χ4v) is 20.3. The van der Waals surface area contributed by atoms with Crippen LogP contribution in [0.25, 0.3) is 60.9 Å². The van der Waals surface area contributed by atoms with E-state index in [1.807, 2.05) is 0 Å². The quantitative estimate of drug-likeness (QED) is 0.0999. The second-order valence-corrected chi connectivity index (χ2v) is 33.1. The van der Waals surface area contributed by atoms with Crippen LogP contribution in [0.4, 0.5) is 34.1 Å². The molecule has 2 aliphatic heterocycles. The number of nitrogens with zero attached hydrogens (tertiary/aromatic N) is 3. The normalized spacial score (nSPS) is 13.0. The van der Waals surface area contributed by atoms with Gasteiger partial charge >= 0.3 is 0 Å². The lowest BCUT2D eigenvalue weighted by atomic mass is 9.33. The van der Waals surface area contributed by atoms with E-state index in [9.17, 15) is 0 Å². The van der Waals surface area contributed by atoms with Gasteiger partial charge in [0.25, 0.3) is 6.71 Å². The summed E-state index contributed by atoms with van der Waals surface area (Å²) in [7, 11) is -3.09. The molecule has 460 valence electrons. The Hall–Kier alpha value is -10.5. The molecule has 0 saturated carbocycles. The Balaban J connectivity index is 1.06. The summed E-state index contributed by atoms with van der Waals surface area (Å²) < 4.78 is 2.55. The van der Waals surface area contributed by atoms with Crippen molar-refractivity contribution in [2.24, 2.45) is 0 Å². The van der Waals surface area contributed by atoms with Crippen LogP contribution < -0.4 is 46.9 Å². The molecule has 0 atom stereocenters. The summed E-state index contributed by atoms with van der Waals surface area (Å²) >= 11 is 0. The van der Waals surface area contributed by atoms with Crippen LogP contribution in [0.5, 0.6) is 0 Å². The maximum atomic E-state index is 2.67. The molecule has 5 heteroatoms. The molecule has 1 aromatic heterocycles. The number of aromatic nitrogens is 1. The molecule has 16 rings (SSSR count). The van der Waals surface area contributed by atoms with E-state index in [2.05, 4.69) is 386 Å². The lowest BCUT2D eigenvalue weighted by Gasteiger charge is -2.46. The molecular formula is C90H78BN3Si. The summed E-state index contributed by atoms with van der Waals surface area (Å²) in [5.41, 5.74) is 25.0. The standard InChI is InChI=1S/C90H78BN3Si/c1-88(2,3)65-45-43-61(44-46-65)64-55-85-87-86(56-64)94(80-42-28-26-40-74(80)63-31-17-11-18-32-63)84-59-68(92-81-52-47-66(89(4,5)6)57-75(81)76-58-67(90(7,8)9)48-53-82(76)92)49-51-77(84)91(87)78-60-72(50-54-83(78)93(85)79-41-27-25-39-73(79)62-29-15-10-16-30-62)95(69-33-19-12-20-34-69,70-35-21-13-22-36-70)71-37-23-14-24-38-71/h10-60H,1-9H3. The van der Waals surface area contributed by atoms with Crippen LogP contribution in [0, 0.1) is 0 Å². The van der Waals surface area contributed by atoms with Crippen molar-refractivity contribution in [3.05, 3.63) is 326 Å². The third-order valence-corrected chi connectivity index (χ3v) is 25.2. The van der Waals surface area contributed by atoms with Crippen LogP contribution in [-0.4, -0.2) is 19.4 Å². The Morgan fingerprint density at radius 3 is 1.16 bits per heavy atom. The molecule has 0 fully saturated rings. The van der Waals surface area contributed by atoms with E-state index in [1.54, 1.807) is 0 Å². The van der Waals surface area contributed by atoms with Crippen LogP contribution in [-0.2, 0) is 16.2 Å². The van der Waals surface area contributed by atoms with Gasteiger partial charge < -0.3 is 14.4 Å². The molecule has 0 unspecified atom stereocenters. The molecule has 0 spiro atoms. The van der Waals surface area contributed by atoms with Crippen molar-refractivity contribution in [1.82, 2.24) is 4.57 Å². The predicted octanol–water partition coefficient (Wildman–Crippen LogP) is 19.1. The van der Waals surface area contributed by atoms with Crippen LogP contribution in [0.3, 0.4) is 0 Å². The van der Waals surface area contributed by atoms with Gasteiger partial charge in [-0.3, -0.25) is 0 Å². The molecule has 14 aromatic rings. The fraction of sp³-hybridized carbons (Fsp3) is 0.133. The maximum Gasteiger partial charge on any atom is 0.252 e. The van der Waals surface area contributed by atoms with E-state index >= 15 is 0 Å². The van der Waals surface area contributed by atoms with Gasteiger partial charge in [0, 0.05) is 50.3 Å². The summed E-state index contributed by atoms with van der Waals surface area (Å²) in [6.45, 7) is 20.7. The zero-order chi connectivity index (χ0) is 65.0. The molecule has 0 bridgehead atoms. The second-order valence-electron chi connectivity index (χ2n) is 29.3. The van der Waals surface area contributed by atoms with Gasteiger partial charge in [-0.2, -0.15) is 0 Å². The van der Waals surface area contributed by atoms with Gasteiger partial charge in [0.2, 0.25) is 0 Å². The number of para-hydroxylation sites is 2. The van der Waals surface area contributed by atoms with Gasteiger partial charge in [-0.15, -0.1) is 0 Å². The molecule has 3 nitrogen and oxygen atoms in total. The van der Waals surface area contributed by atoms with Crippen molar-refractivity contribution in [3.63, 3.8) is 0 Å². The minimum absolute atomic E-state index is 0.0183. The lowest BCUT2D eigenvalue weighted by Crippen LogP contribution is -2.75. The fourth-order valence-electron chi connectivity index (χ4n) is 15.6. The molecule has 0 aliphatic carbocycles. The molecule has 0 saturated heterocycles. The van der Waals surface area contributed by atoms with E-state index in [-0.39, 0.29) is 23.0 Å². The van der Waals surface area contributed by atoms with E-state index in [0.29, 0.717) is 0 Å². The summed E-state index contributed by atoms with van der Waals surface area (Å²) in [5.74, 6) is 0. The summed E-state index contributed by atoms with van der Waals surface area (Å²) in [6.07, 6.45) is 0. The molecule has 0 amide bonds. The summed E-state index contributed by atoms with van der Waals surface area (Å²) in [5, 5.41) is 7.90. The molecule has 0 radical (unpaired) electrons. The van der Waals surface area contributed by atoms with E-state index in [0.717, 1.165) is 56.5 Å². The highest BCUT2D eigenvalue weighted by atomic mass is 28.3. The number of anilines is 6. The average Bonchev–Trinajstić information content (AvgIpc) is 0.901. The van der Waals surface area contributed by atoms with Crippen LogP contribution in [0.2, 0.25) is 0 Å². The first-order chi connectivity index (χ1) is 46.0. The van der Waals surface area contributed by atoms with Gasteiger partial charge in [0.05, 0.1) is 22.4 Å². The molecule has 0 N–H and O–H groups in total. The third kappa shape index (κ3) is 10.0. The lowest BCUT2D eigenvalue weighted by molar-refractivity contribution is 0.590. The van der Waals surface area contributed by atoms with E-state index in [4.69, 9.17) is 0 Å². The third-order valence-electron chi connectivity index (χ3n) is 20.4. The topological polar surface area (TPSA) is 11.4 Å². The number of rotatable bonds is 10. The van der Waals surface area contributed by atoms with Crippen LogP contribution in [0.15, 0.2) is 309 Å². The van der Waals surface area contributed by atoms with Crippen LogP contribution in [0.1, 0.15) is 79.0 Å². The number of benzene rings is 13. The van der Waals surface area contributed by atoms with Crippen molar-refractivity contribution in [2.45, 2.75) is 78.6 Å². The Labute approximate surface area is 562 Å². The summed E-state index contributed by atoms with van der Waals surface area (Å²) in [4.78, 5) is 5.29. The first kappa shape index (κ1) is 59.5. The molecule has 2 aliphatic rings. The minimum atomic E-state index is -3.09. The maximum absolute atomic E-state index is 3.09. The van der Waals surface area contributed by atoms with Gasteiger partial charge in [-0.1, -0.05) is 305 Å². The summed E-state index contributed by atoms with van der Waals surface area (Å²) in [6, 6.07) is 118. The molecule has 95 heavy (non-hydrogen) atoms. The minimum Gasteiger partial charge on any atom is -0.311 e. The number of fused-ring (bicyclic) bond motifs is 7. The number of hydrogen-bond acceptors (Lipinski definition) is 2. The van der Waals surface area contributed by atoms with Crippen molar-refractivity contribution in [3.8, 4) is 39.1 Å². The Bertz CT molecular complexity index is 5060. The Kier molecular flexibility index (Phi) is 14.4. The van der Waals surface area contributed by atoms with Crippen molar-refractivity contribution < 1.29 is 0 Å². The average molecular weight is 1240 g/mol. The van der Waals surface area contributed by atoms with Gasteiger partial charge in [-0.05, 0) is 159 Å². The highest BCUT2D eigenvalue weighted by Crippen LogP contribution is 2.50. The highest BCUT2D eigenvalue weighted by molar-refractivity contribution is 7.20. The number of hydrogen-bond donors (Lipinski definition) is 0. The van der Waals surface area contributed by atoms with Gasteiger partial charge in [0.15, 0.2) is 8.07 Å². The van der Waals surface area contributed by atoms with Crippen molar-refractivity contribution >= 4 is 108 Å². The predicted molar refractivity (Wildman–Crippen MR) is 411 cm³/mol.